The van der Waals surface area contributed by atoms with Gasteiger partial charge in [-0.1, -0.05) is 42.2 Å². The summed E-state index contributed by atoms with van der Waals surface area (Å²) < 4.78 is 11.2. The molecule has 12 heteroatoms. The fraction of sp³-hybridized carbons (Fsp3) is 0.553. The Hall–Kier alpha value is -3.37. The van der Waals surface area contributed by atoms with Crippen molar-refractivity contribution in [2.45, 2.75) is 98.6 Å². The van der Waals surface area contributed by atoms with Crippen molar-refractivity contribution in [2.75, 3.05) is 26.3 Å². The molecule has 50 heavy (non-hydrogen) atoms. The maximum absolute atomic E-state index is 13.2. The predicted octanol–water partition coefficient (Wildman–Crippen LogP) is -1.24. The van der Waals surface area contributed by atoms with Crippen LogP contribution < -0.4 is 0 Å². The van der Waals surface area contributed by atoms with E-state index >= 15 is 0 Å². The van der Waals surface area contributed by atoms with E-state index < -0.39 is 79.7 Å². The monoisotopic (exact) mass is 689 g/mol. The Morgan fingerprint density at radius 3 is 1.56 bits per heavy atom. The molecular formula is C38H43NO11. The van der Waals surface area contributed by atoms with Crippen molar-refractivity contribution in [2.24, 2.45) is 5.92 Å². The largest absolute Gasteiger partial charge is 0.394 e. The van der Waals surface area contributed by atoms with Crippen LogP contribution in [0.2, 0.25) is 0 Å². The van der Waals surface area contributed by atoms with Crippen molar-refractivity contribution in [3.05, 3.63) is 58.7 Å². The van der Waals surface area contributed by atoms with Gasteiger partial charge in [0.25, 0.3) is 0 Å². The lowest BCUT2D eigenvalue weighted by atomic mass is 9.70. The fourth-order valence-corrected chi connectivity index (χ4v) is 7.96. The average molecular weight is 690 g/mol. The van der Waals surface area contributed by atoms with Gasteiger partial charge in [0.05, 0.1) is 13.2 Å². The van der Waals surface area contributed by atoms with Gasteiger partial charge in [-0.25, -0.2) is 0 Å². The highest BCUT2D eigenvalue weighted by Crippen LogP contribution is 2.54. The van der Waals surface area contributed by atoms with Gasteiger partial charge in [-0.05, 0) is 72.2 Å². The molecule has 8 N–H and O–H groups in total. The van der Waals surface area contributed by atoms with Crippen molar-refractivity contribution in [1.29, 1.82) is 0 Å². The molecule has 3 saturated heterocycles. The van der Waals surface area contributed by atoms with E-state index in [-0.39, 0.29) is 11.8 Å². The number of hydrogen-bond acceptors (Lipinski definition) is 11. The zero-order valence-corrected chi connectivity index (χ0v) is 27.4. The highest BCUT2D eigenvalue weighted by atomic mass is 16.5. The minimum absolute atomic E-state index is 0.0980. The number of rotatable bonds is 3. The Morgan fingerprint density at radius 1 is 0.700 bits per heavy atom. The first-order chi connectivity index (χ1) is 24.1. The molecule has 7 rings (SSSR count). The number of carbonyl (C=O) groups is 1. The summed E-state index contributed by atoms with van der Waals surface area (Å²) in [7, 11) is 0. The zero-order valence-electron chi connectivity index (χ0n) is 27.4. The first-order valence-electron chi connectivity index (χ1n) is 17.3. The quantitative estimate of drug-likeness (QED) is 0.179. The van der Waals surface area contributed by atoms with E-state index in [0.29, 0.717) is 37.1 Å². The zero-order chi connectivity index (χ0) is 35.3. The number of benzene rings is 2. The minimum Gasteiger partial charge on any atom is -0.394 e. The number of aliphatic hydroxyl groups excluding tert-OH is 8. The molecule has 0 aromatic heterocycles. The number of nitrogens with zero attached hydrogens (tertiary/aromatic N) is 1. The lowest BCUT2D eigenvalue weighted by Gasteiger charge is -2.43. The summed E-state index contributed by atoms with van der Waals surface area (Å²) in [6, 6.07) is 11.7. The predicted molar refractivity (Wildman–Crippen MR) is 177 cm³/mol. The molecule has 266 valence electrons. The number of likely N-dealkylation sites (tertiary alicyclic amines) is 1. The first-order valence-corrected chi connectivity index (χ1v) is 17.3. The number of ether oxygens (including phenoxy) is 2. The summed E-state index contributed by atoms with van der Waals surface area (Å²) in [6.07, 6.45) is -9.04. The number of hydrogen-bond donors (Lipinski definition) is 8. The summed E-state index contributed by atoms with van der Waals surface area (Å²) in [4.78, 5) is 15.2. The van der Waals surface area contributed by atoms with E-state index in [4.69, 9.17) is 9.47 Å². The Balaban J connectivity index is 1.21. The SMILES string of the molecule is O=C(C1CCC1)N1CCC2(CC1)c1cc(C#CC3OC(CO)C(O)C(O)C3O)ccc1-c1ccc(C#CC3OC(CO)C(O)C(O)C3O)cc12. The van der Waals surface area contributed by atoms with Gasteiger partial charge in [0, 0.05) is 35.5 Å². The van der Waals surface area contributed by atoms with Gasteiger partial charge < -0.3 is 55.2 Å². The molecule has 3 aliphatic heterocycles. The highest BCUT2D eigenvalue weighted by Gasteiger charge is 2.47. The first kappa shape index (κ1) is 35.1. The number of carbonyl (C=O) groups excluding carboxylic acids is 1. The molecule has 5 aliphatic rings. The Kier molecular flexibility index (Phi) is 9.80. The third-order valence-corrected chi connectivity index (χ3v) is 11.2. The summed E-state index contributed by atoms with van der Waals surface area (Å²) in [5.74, 6) is 12.2. The van der Waals surface area contributed by atoms with Crippen molar-refractivity contribution in [3.63, 3.8) is 0 Å². The van der Waals surface area contributed by atoms with E-state index in [1.807, 2.05) is 41.3 Å². The molecule has 2 aromatic rings. The normalized spacial score (nSPS) is 34.4. The fourth-order valence-electron chi connectivity index (χ4n) is 7.96. The maximum Gasteiger partial charge on any atom is 0.225 e. The second kappa shape index (κ2) is 14.0. The summed E-state index contributed by atoms with van der Waals surface area (Å²) in [5, 5.41) is 80.9. The van der Waals surface area contributed by atoms with Crippen molar-refractivity contribution < 1.29 is 55.1 Å². The minimum atomic E-state index is -1.52. The van der Waals surface area contributed by atoms with Crippen molar-refractivity contribution >= 4 is 5.91 Å². The molecule has 12 nitrogen and oxygen atoms in total. The second-order valence-electron chi connectivity index (χ2n) is 14.1. The molecule has 10 unspecified atom stereocenters. The number of aliphatic hydroxyl groups is 8. The van der Waals surface area contributed by atoms with E-state index in [9.17, 15) is 45.6 Å². The Labute approximate surface area is 289 Å². The summed E-state index contributed by atoms with van der Waals surface area (Å²) >= 11 is 0. The molecule has 10 atom stereocenters. The van der Waals surface area contributed by atoms with Crippen LogP contribution in [0.4, 0.5) is 0 Å². The van der Waals surface area contributed by atoms with Gasteiger partial charge in [0.1, 0.15) is 61.0 Å². The van der Waals surface area contributed by atoms with Crippen LogP contribution in [0.25, 0.3) is 11.1 Å². The molecule has 0 radical (unpaired) electrons. The molecule has 2 aromatic carbocycles. The average Bonchev–Trinajstić information content (AvgIpc) is 3.36. The van der Waals surface area contributed by atoms with Crippen molar-refractivity contribution in [3.8, 4) is 34.8 Å². The second-order valence-corrected chi connectivity index (χ2v) is 14.1. The maximum atomic E-state index is 13.2. The molecule has 2 aliphatic carbocycles. The van der Waals surface area contributed by atoms with Crippen LogP contribution in [0, 0.1) is 29.6 Å². The molecular weight excluding hydrogens is 646 g/mol. The third kappa shape index (κ3) is 6.04. The number of piperidine rings is 1. The van der Waals surface area contributed by atoms with Crippen LogP contribution in [0.1, 0.15) is 54.4 Å². The van der Waals surface area contributed by atoms with Crippen LogP contribution in [0.15, 0.2) is 36.4 Å². The number of fused-ring (bicyclic) bond motifs is 5. The van der Waals surface area contributed by atoms with Gasteiger partial charge in [-0.15, -0.1) is 0 Å². The molecule has 1 amide bonds. The molecule has 1 saturated carbocycles. The summed E-state index contributed by atoms with van der Waals surface area (Å²) in [6.45, 7) is 0.0708. The third-order valence-electron chi connectivity index (χ3n) is 11.2. The van der Waals surface area contributed by atoms with E-state index in [1.165, 1.54) is 0 Å². The smallest absolute Gasteiger partial charge is 0.225 e. The summed E-state index contributed by atoms with van der Waals surface area (Å²) in [5.41, 5.74) is 4.94. The van der Waals surface area contributed by atoms with E-state index in [1.54, 1.807) is 0 Å². The van der Waals surface area contributed by atoms with Gasteiger partial charge in [-0.2, -0.15) is 0 Å². The van der Waals surface area contributed by atoms with Gasteiger partial charge in [-0.3, -0.25) is 4.79 Å². The Bertz CT molecular complexity index is 1620. The Morgan fingerprint density at radius 2 is 1.16 bits per heavy atom. The lowest BCUT2D eigenvalue weighted by molar-refractivity contribution is -0.214. The molecule has 4 fully saturated rings. The van der Waals surface area contributed by atoms with Crippen LogP contribution in [-0.2, 0) is 19.7 Å². The van der Waals surface area contributed by atoms with Crippen LogP contribution in [-0.4, -0.2) is 139 Å². The topological polar surface area (TPSA) is 201 Å². The van der Waals surface area contributed by atoms with Crippen LogP contribution >= 0.6 is 0 Å². The van der Waals surface area contributed by atoms with E-state index in [2.05, 4.69) is 23.7 Å². The standard InChI is InChI=1S/C38H43NO11/c40-18-29-33(44)35(46)31(42)27(49-29)10-6-20-4-8-23-24-9-5-21(7-11-28-32(43)36(47)34(45)30(19-41)50-28)17-26(24)38(25(23)16-20)12-14-39(15-13-38)37(48)22-2-1-3-22/h4-5,8-9,16-17,22,27-36,40-47H,1-3,12-15,18-19H2. The van der Waals surface area contributed by atoms with E-state index in [0.717, 1.165) is 41.5 Å². The van der Waals surface area contributed by atoms with Gasteiger partial charge in [0.2, 0.25) is 5.91 Å². The molecule has 3 heterocycles. The molecule has 1 spiro atoms. The van der Waals surface area contributed by atoms with Crippen LogP contribution in [0.3, 0.4) is 0 Å². The lowest BCUT2D eigenvalue weighted by Crippen LogP contribution is -2.58. The van der Waals surface area contributed by atoms with Crippen LogP contribution in [0.5, 0.6) is 0 Å². The number of amides is 1. The molecule has 0 bridgehead atoms. The van der Waals surface area contributed by atoms with Gasteiger partial charge in [0.15, 0.2) is 0 Å². The van der Waals surface area contributed by atoms with Crippen molar-refractivity contribution in [1.82, 2.24) is 4.90 Å². The van der Waals surface area contributed by atoms with Gasteiger partial charge >= 0.3 is 0 Å². The highest BCUT2D eigenvalue weighted by molar-refractivity contribution is 5.84.